The van der Waals surface area contributed by atoms with Crippen molar-refractivity contribution in [1.29, 1.82) is 5.26 Å². The van der Waals surface area contributed by atoms with Gasteiger partial charge in [0.05, 0.1) is 11.5 Å². The number of aryl methyl sites for hydroxylation is 1. The van der Waals surface area contributed by atoms with E-state index in [0.717, 1.165) is 5.56 Å². The van der Waals surface area contributed by atoms with Gasteiger partial charge in [-0.25, -0.2) is 0 Å². The molecular weight excluding hydrogens is 506 g/mol. The summed E-state index contributed by atoms with van der Waals surface area (Å²) in [5.41, 5.74) is 3.09. The summed E-state index contributed by atoms with van der Waals surface area (Å²) >= 11 is 6.14. The van der Waals surface area contributed by atoms with Crippen molar-refractivity contribution < 1.29 is 19.2 Å². The first kappa shape index (κ1) is 28.0. The Morgan fingerprint density at radius 1 is 1.21 bits per heavy atom. The topological polar surface area (TPSA) is 114 Å². The van der Waals surface area contributed by atoms with E-state index in [4.69, 9.17) is 21.1 Å². The summed E-state index contributed by atoms with van der Waals surface area (Å²) in [5.74, 6) is 0.279. The van der Waals surface area contributed by atoms with Crippen LogP contribution in [0, 0.1) is 28.4 Å². The van der Waals surface area contributed by atoms with Gasteiger partial charge in [0, 0.05) is 28.4 Å². The van der Waals surface area contributed by atoms with Crippen LogP contribution in [0.25, 0.3) is 6.08 Å². The second kappa shape index (κ2) is 13.1. The minimum absolute atomic E-state index is 0.0295. The van der Waals surface area contributed by atoms with Crippen molar-refractivity contribution in [1.82, 2.24) is 0 Å². The van der Waals surface area contributed by atoms with Crippen molar-refractivity contribution >= 4 is 35.0 Å². The Morgan fingerprint density at radius 3 is 2.66 bits per heavy atom. The molecule has 8 nitrogen and oxygen atoms in total. The number of allylic oxidation sites excluding steroid dienone is 1. The summed E-state index contributed by atoms with van der Waals surface area (Å²) in [6, 6.07) is 16.7. The van der Waals surface area contributed by atoms with E-state index < -0.39 is 10.8 Å². The van der Waals surface area contributed by atoms with Gasteiger partial charge in [-0.05, 0) is 67.3 Å². The Labute approximate surface area is 225 Å². The first-order valence-electron chi connectivity index (χ1n) is 11.7. The smallest absolute Gasteiger partial charge is 0.269 e. The van der Waals surface area contributed by atoms with Gasteiger partial charge in [0.25, 0.3) is 11.6 Å². The minimum Gasteiger partial charge on any atom is -0.490 e. The number of nitro benzene ring substituents is 1. The maximum atomic E-state index is 12.8. The van der Waals surface area contributed by atoms with Crippen molar-refractivity contribution in [3.63, 3.8) is 0 Å². The summed E-state index contributed by atoms with van der Waals surface area (Å²) in [4.78, 5) is 23.4. The normalized spacial score (nSPS) is 10.8. The molecule has 1 N–H and O–H groups in total. The lowest BCUT2D eigenvalue weighted by Crippen LogP contribution is -2.13. The lowest BCUT2D eigenvalue weighted by atomic mass is 10.0. The quantitative estimate of drug-likeness (QED) is 0.0955. The van der Waals surface area contributed by atoms with Gasteiger partial charge in [0.2, 0.25) is 0 Å². The monoisotopic (exact) mass is 531 g/mol. The van der Waals surface area contributed by atoms with Gasteiger partial charge in [-0.3, -0.25) is 14.9 Å². The van der Waals surface area contributed by atoms with Crippen LogP contribution in [-0.4, -0.2) is 17.4 Å². The SMILES string of the molecule is C=CCc1cc(/C=C(/C#N)C(=O)Nc2ccc(C)c(Cl)c2)cc(OCC)c1OCc1cccc([N+](=O)[O-])c1. The van der Waals surface area contributed by atoms with Gasteiger partial charge in [0.1, 0.15) is 18.2 Å². The molecule has 0 saturated carbocycles. The molecular formula is C29H26ClN3O5. The number of carbonyl (C=O) groups excluding carboxylic acids is 1. The fraction of sp³-hybridized carbons (Fsp3) is 0.172. The number of rotatable bonds is 11. The predicted octanol–water partition coefficient (Wildman–Crippen LogP) is 6.81. The van der Waals surface area contributed by atoms with E-state index in [0.29, 0.717) is 51.9 Å². The molecule has 0 aromatic heterocycles. The van der Waals surface area contributed by atoms with E-state index in [1.54, 1.807) is 48.5 Å². The average Bonchev–Trinajstić information content (AvgIpc) is 2.89. The number of benzene rings is 3. The van der Waals surface area contributed by atoms with Crippen LogP contribution < -0.4 is 14.8 Å². The maximum Gasteiger partial charge on any atom is 0.269 e. The highest BCUT2D eigenvalue weighted by atomic mass is 35.5. The fourth-order valence-corrected chi connectivity index (χ4v) is 3.78. The van der Waals surface area contributed by atoms with E-state index in [2.05, 4.69) is 11.9 Å². The van der Waals surface area contributed by atoms with Crippen LogP contribution in [0.3, 0.4) is 0 Å². The Hall–Kier alpha value is -4.61. The van der Waals surface area contributed by atoms with Gasteiger partial charge >= 0.3 is 0 Å². The van der Waals surface area contributed by atoms with Crippen LogP contribution >= 0.6 is 11.6 Å². The molecule has 0 saturated heterocycles. The Bertz CT molecular complexity index is 1440. The van der Waals surface area contributed by atoms with Crippen LogP contribution in [0.4, 0.5) is 11.4 Å². The molecule has 0 radical (unpaired) electrons. The minimum atomic E-state index is -0.582. The number of amides is 1. The highest BCUT2D eigenvalue weighted by Crippen LogP contribution is 2.35. The molecule has 0 unspecified atom stereocenters. The van der Waals surface area contributed by atoms with Crippen molar-refractivity contribution in [3.8, 4) is 17.6 Å². The molecule has 0 spiro atoms. The summed E-state index contributed by atoms with van der Waals surface area (Å²) < 4.78 is 11.9. The number of hydrogen-bond acceptors (Lipinski definition) is 6. The predicted molar refractivity (Wildman–Crippen MR) is 147 cm³/mol. The third kappa shape index (κ3) is 7.21. The summed E-state index contributed by atoms with van der Waals surface area (Å²) in [6.45, 7) is 7.89. The molecule has 0 atom stereocenters. The first-order chi connectivity index (χ1) is 18.2. The number of nitrogens with zero attached hydrogens (tertiary/aromatic N) is 2. The van der Waals surface area contributed by atoms with Crippen molar-refractivity contribution in [3.05, 3.63) is 110 Å². The van der Waals surface area contributed by atoms with Gasteiger partial charge in [-0.1, -0.05) is 35.9 Å². The Morgan fingerprint density at radius 2 is 2.00 bits per heavy atom. The maximum absolute atomic E-state index is 12.8. The molecule has 0 fully saturated rings. The lowest BCUT2D eigenvalue weighted by molar-refractivity contribution is -0.384. The van der Waals surface area contributed by atoms with Crippen molar-refractivity contribution in [2.24, 2.45) is 0 Å². The van der Waals surface area contributed by atoms with Crippen LogP contribution in [0.2, 0.25) is 5.02 Å². The number of non-ortho nitro benzene ring substituents is 1. The molecule has 3 rings (SSSR count). The third-order valence-electron chi connectivity index (χ3n) is 5.43. The second-order valence-corrected chi connectivity index (χ2v) is 8.64. The van der Waals surface area contributed by atoms with Crippen LogP contribution in [0.5, 0.6) is 11.5 Å². The number of carbonyl (C=O) groups is 1. The highest BCUT2D eigenvalue weighted by Gasteiger charge is 2.16. The number of nitrogens with one attached hydrogen (secondary N) is 1. The van der Waals surface area contributed by atoms with E-state index in [1.165, 1.54) is 18.2 Å². The molecule has 3 aromatic carbocycles. The van der Waals surface area contributed by atoms with Gasteiger partial charge in [0.15, 0.2) is 11.5 Å². The fourth-order valence-electron chi connectivity index (χ4n) is 3.60. The largest absolute Gasteiger partial charge is 0.490 e. The molecule has 194 valence electrons. The number of nitriles is 1. The summed E-state index contributed by atoms with van der Waals surface area (Å²) in [7, 11) is 0. The Balaban J connectivity index is 1.93. The summed E-state index contributed by atoms with van der Waals surface area (Å²) in [6.07, 6.45) is 3.57. The van der Waals surface area contributed by atoms with Gasteiger partial charge < -0.3 is 14.8 Å². The molecule has 0 aliphatic heterocycles. The number of anilines is 1. The molecule has 0 aliphatic rings. The average molecular weight is 532 g/mol. The zero-order valence-corrected chi connectivity index (χ0v) is 21.7. The molecule has 0 heterocycles. The molecule has 9 heteroatoms. The number of hydrogen-bond donors (Lipinski definition) is 1. The van der Waals surface area contributed by atoms with E-state index in [9.17, 15) is 20.2 Å². The second-order valence-electron chi connectivity index (χ2n) is 8.24. The van der Waals surface area contributed by atoms with Crippen molar-refractivity contribution in [2.45, 2.75) is 26.9 Å². The van der Waals surface area contributed by atoms with Gasteiger partial charge in [-0.15, -0.1) is 6.58 Å². The van der Waals surface area contributed by atoms with Gasteiger partial charge in [-0.2, -0.15) is 5.26 Å². The number of ether oxygens (including phenoxy) is 2. The standard InChI is InChI=1S/C29H26ClN3O5/c1-4-7-22-12-21(13-23(17-31)29(34)32-24-11-10-19(3)26(30)16-24)15-27(37-5-2)28(22)38-18-20-8-6-9-25(14-20)33(35)36/h4,6,8-16H,1,5,7,18H2,2-3H3,(H,32,34)/b23-13-. The van der Waals surface area contributed by atoms with Crippen molar-refractivity contribution in [2.75, 3.05) is 11.9 Å². The van der Waals surface area contributed by atoms with E-state index in [-0.39, 0.29) is 17.9 Å². The van der Waals surface area contributed by atoms with Crippen LogP contribution in [0.1, 0.15) is 29.2 Å². The van der Waals surface area contributed by atoms with Crippen LogP contribution in [-0.2, 0) is 17.8 Å². The molecule has 0 aliphatic carbocycles. The zero-order valence-electron chi connectivity index (χ0n) is 21.0. The Kier molecular flexibility index (Phi) is 9.63. The molecule has 1 amide bonds. The highest BCUT2D eigenvalue weighted by molar-refractivity contribution is 6.31. The van der Waals surface area contributed by atoms with E-state index in [1.807, 2.05) is 19.9 Å². The first-order valence-corrected chi connectivity index (χ1v) is 12.1. The number of halogens is 1. The lowest BCUT2D eigenvalue weighted by Gasteiger charge is -2.17. The van der Waals surface area contributed by atoms with E-state index >= 15 is 0 Å². The zero-order chi connectivity index (χ0) is 27.7. The molecule has 0 bridgehead atoms. The van der Waals surface area contributed by atoms with Crippen LogP contribution in [0.15, 0.2) is 72.8 Å². The molecule has 3 aromatic rings. The number of nitro groups is 1. The third-order valence-corrected chi connectivity index (χ3v) is 5.84. The molecule has 38 heavy (non-hydrogen) atoms. The summed E-state index contributed by atoms with van der Waals surface area (Å²) in [5, 5.41) is 24.0.